The molecule has 2 aromatic rings. The molecule has 1 aliphatic rings. The van der Waals surface area contributed by atoms with Gasteiger partial charge in [-0.25, -0.2) is 4.99 Å². The van der Waals surface area contributed by atoms with Crippen molar-refractivity contribution in [2.45, 2.75) is 0 Å². The molecule has 1 aromatic carbocycles. The minimum absolute atomic E-state index is 0.155. The molecule has 1 amide bonds. The molecular formula is C15H10ClN3OS. The minimum Gasteiger partial charge on any atom is -0.300 e. The van der Waals surface area contributed by atoms with Gasteiger partial charge < -0.3 is 5.32 Å². The lowest BCUT2D eigenvalue weighted by Crippen LogP contribution is -2.19. The number of pyridine rings is 1. The highest BCUT2D eigenvalue weighted by Gasteiger charge is 2.23. The second-order valence-corrected chi connectivity index (χ2v) is 5.71. The number of benzene rings is 1. The van der Waals surface area contributed by atoms with E-state index in [0.29, 0.717) is 20.8 Å². The van der Waals surface area contributed by atoms with Gasteiger partial charge in [-0.1, -0.05) is 17.7 Å². The summed E-state index contributed by atoms with van der Waals surface area (Å²) in [5.41, 5.74) is 1.63. The Kier molecular flexibility index (Phi) is 4.03. The van der Waals surface area contributed by atoms with E-state index in [1.54, 1.807) is 24.5 Å². The Morgan fingerprint density at radius 3 is 2.81 bits per heavy atom. The van der Waals surface area contributed by atoms with Crippen LogP contribution >= 0.6 is 23.4 Å². The maximum Gasteiger partial charge on any atom is 0.264 e. The lowest BCUT2D eigenvalue weighted by atomic mass is 10.2. The highest BCUT2D eigenvalue weighted by molar-refractivity contribution is 8.18. The predicted octanol–water partition coefficient (Wildman–Crippen LogP) is 3.63. The van der Waals surface area contributed by atoms with Crippen LogP contribution in [-0.2, 0) is 4.79 Å². The van der Waals surface area contributed by atoms with E-state index in [1.807, 2.05) is 30.3 Å². The number of aliphatic imine (C=N–C) groups is 1. The molecule has 1 N–H and O–H groups in total. The summed E-state index contributed by atoms with van der Waals surface area (Å²) < 4.78 is 0. The Labute approximate surface area is 131 Å². The summed E-state index contributed by atoms with van der Waals surface area (Å²) in [5, 5.41) is 3.89. The zero-order chi connectivity index (χ0) is 14.7. The van der Waals surface area contributed by atoms with Crippen LogP contribution in [0.2, 0.25) is 5.02 Å². The Morgan fingerprint density at radius 1 is 1.24 bits per heavy atom. The molecule has 3 rings (SSSR count). The van der Waals surface area contributed by atoms with Crippen LogP contribution in [0, 0.1) is 0 Å². The number of nitrogens with one attached hydrogen (secondary N) is 1. The molecule has 104 valence electrons. The van der Waals surface area contributed by atoms with Crippen molar-refractivity contribution in [1.82, 2.24) is 10.3 Å². The third-order valence-corrected chi connectivity index (χ3v) is 3.84. The number of carbonyl (C=O) groups excluding carboxylic acids is 1. The second-order valence-electron chi connectivity index (χ2n) is 4.24. The molecule has 4 nitrogen and oxygen atoms in total. The standard InChI is InChI=1S/C15H10ClN3OS/c16-11-2-1-3-12(9-11)18-15-19-14(20)13(21-15)8-10-4-6-17-7-5-10/h1-9H,(H,18,19,20)/b13-8-. The minimum atomic E-state index is -0.155. The number of rotatable bonds is 2. The van der Waals surface area contributed by atoms with Gasteiger partial charge in [0.1, 0.15) is 0 Å². The maximum absolute atomic E-state index is 11.9. The molecule has 0 spiro atoms. The summed E-state index contributed by atoms with van der Waals surface area (Å²) in [6.07, 6.45) is 5.18. The molecule has 1 aromatic heterocycles. The van der Waals surface area contributed by atoms with E-state index >= 15 is 0 Å². The highest BCUT2D eigenvalue weighted by atomic mass is 35.5. The molecule has 0 radical (unpaired) electrons. The molecule has 0 atom stereocenters. The smallest absolute Gasteiger partial charge is 0.264 e. The molecule has 21 heavy (non-hydrogen) atoms. The van der Waals surface area contributed by atoms with Gasteiger partial charge in [0.2, 0.25) is 0 Å². The van der Waals surface area contributed by atoms with Crippen molar-refractivity contribution >= 4 is 46.2 Å². The molecule has 0 unspecified atom stereocenters. The first-order chi connectivity index (χ1) is 10.2. The van der Waals surface area contributed by atoms with Gasteiger partial charge in [-0.05, 0) is 53.7 Å². The van der Waals surface area contributed by atoms with Gasteiger partial charge in [0, 0.05) is 17.4 Å². The van der Waals surface area contributed by atoms with E-state index in [-0.39, 0.29) is 5.91 Å². The quantitative estimate of drug-likeness (QED) is 0.861. The number of carbonyl (C=O) groups is 1. The van der Waals surface area contributed by atoms with Gasteiger partial charge in [0.15, 0.2) is 5.17 Å². The van der Waals surface area contributed by atoms with Crippen LogP contribution < -0.4 is 5.32 Å². The van der Waals surface area contributed by atoms with Crippen molar-refractivity contribution in [2.24, 2.45) is 4.99 Å². The molecule has 2 heterocycles. The van der Waals surface area contributed by atoms with Gasteiger partial charge in [0.05, 0.1) is 10.6 Å². The second kappa shape index (κ2) is 6.11. The van der Waals surface area contributed by atoms with Crippen LogP contribution in [0.5, 0.6) is 0 Å². The molecule has 1 aliphatic heterocycles. The molecule has 0 saturated carbocycles. The Hall–Kier alpha value is -2.11. The Balaban J connectivity index is 1.83. The lowest BCUT2D eigenvalue weighted by molar-refractivity contribution is -0.115. The van der Waals surface area contributed by atoms with E-state index < -0.39 is 0 Å². The first kappa shape index (κ1) is 13.9. The van der Waals surface area contributed by atoms with Gasteiger partial charge >= 0.3 is 0 Å². The number of aromatic nitrogens is 1. The number of hydrogen-bond donors (Lipinski definition) is 1. The van der Waals surface area contributed by atoms with Gasteiger partial charge in [-0.15, -0.1) is 0 Å². The van der Waals surface area contributed by atoms with Crippen molar-refractivity contribution < 1.29 is 4.79 Å². The molecular weight excluding hydrogens is 306 g/mol. The van der Waals surface area contributed by atoms with Crippen molar-refractivity contribution in [3.63, 3.8) is 0 Å². The van der Waals surface area contributed by atoms with Crippen LogP contribution in [0.15, 0.2) is 58.7 Å². The SMILES string of the molecule is O=C1NC(=Nc2cccc(Cl)c2)S/C1=C\c1ccncc1. The highest BCUT2D eigenvalue weighted by Crippen LogP contribution is 2.28. The number of amidine groups is 1. The molecule has 0 bridgehead atoms. The Bertz CT molecular complexity index is 744. The summed E-state index contributed by atoms with van der Waals surface area (Å²) in [6.45, 7) is 0. The summed E-state index contributed by atoms with van der Waals surface area (Å²) >= 11 is 7.22. The first-order valence-corrected chi connectivity index (χ1v) is 7.35. The number of nitrogens with zero attached hydrogens (tertiary/aromatic N) is 2. The van der Waals surface area contributed by atoms with Crippen LogP contribution in [0.1, 0.15) is 5.56 Å². The Morgan fingerprint density at radius 2 is 2.05 bits per heavy atom. The topological polar surface area (TPSA) is 54.4 Å². The lowest BCUT2D eigenvalue weighted by Gasteiger charge is -1.96. The number of amides is 1. The number of halogens is 1. The van der Waals surface area contributed by atoms with Crippen molar-refractivity contribution in [2.75, 3.05) is 0 Å². The third-order valence-electron chi connectivity index (χ3n) is 2.69. The molecule has 1 fully saturated rings. The zero-order valence-corrected chi connectivity index (χ0v) is 12.4. The van der Waals surface area contributed by atoms with E-state index in [4.69, 9.17) is 11.6 Å². The normalized spacial score (nSPS) is 18.2. The van der Waals surface area contributed by atoms with Crippen molar-refractivity contribution in [3.8, 4) is 0 Å². The molecule has 6 heteroatoms. The molecule has 0 aliphatic carbocycles. The fraction of sp³-hybridized carbons (Fsp3) is 0. The van der Waals surface area contributed by atoms with Crippen molar-refractivity contribution in [3.05, 3.63) is 64.3 Å². The van der Waals surface area contributed by atoms with Crippen LogP contribution in [0.3, 0.4) is 0 Å². The number of thioether (sulfide) groups is 1. The predicted molar refractivity (Wildman–Crippen MR) is 86.5 cm³/mol. The largest absolute Gasteiger partial charge is 0.300 e. The van der Waals surface area contributed by atoms with Crippen molar-refractivity contribution in [1.29, 1.82) is 0 Å². The van der Waals surface area contributed by atoms with Crippen LogP contribution in [0.25, 0.3) is 6.08 Å². The monoisotopic (exact) mass is 315 g/mol. The van der Waals surface area contributed by atoms with E-state index in [0.717, 1.165) is 5.56 Å². The maximum atomic E-state index is 11.9. The summed E-state index contributed by atoms with van der Waals surface area (Å²) in [7, 11) is 0. The summed E-state index contributed by atoms with van der Waals surface area (Å²) in [5.74, 6) is -0.155. The first-order valence-electron chi connectivity index (χ1n) is 6.16. The molecule has 1 saturated heterocycles. The fourth-order valence-electron chi connectivity index (χ4n) is 1.75. The van der Waals surface area contributed by atoms with Gasteiger partial charge in [-0.3, -0.25) is 9.78 Å². The fourth-order valence-corrected chi connectivity index (χ4v) is 2.78. The summed E-state index contributed by atoms with van der Waals surface area (Å²) in [4.78, 5) is 20.8. The van der Waals surface area contributed by atoms with Crippen LogP contribution in [0.4, 0.5) is 5.69 Å². The van der Waals surface area contributed by atoms with E-state index in [2.05, 4.69) is 15.3 Å². The number of hydrogen-bond acceptors (Lipinski definition) is 4. The third kappa shape index (κ3) is 3.51. The van der Waals surface area contributed by atoms with E-state index in [9.17, 15) is 4.79 Å². The van der Waals surface area contributed by atoms with Crippen LogP contribution in [-0.4, -0.2) is 16.1 Å². The average molecular weight is 316 g/mol. The van der Waals surface area contributed by atoms with Gasteiger partial charge in [0.25, 0.3) is 5.91 Å². The van der Waals surface area contributed by atoms with Gasteiger partial charge in [-0.2, -0.15) is 0 Å². The zero-order valence-electron chi connectivity index (χ0n) is 10.8. The average Bonchev–Trinajstić information content (AvgIpc) is 2.80. The summed E-state index contributed by atoms with van der Waals surface area (Å²) in [6, 6.07) is 10.8. The van der Waals surface area contributed by atoms with E-state index in [1.165, 1.54) is 11.8 Å².